The first-order valence-electron chi connectivity index (χ1n) is 13.0. The molecule has 0 fully saturated rings. The Kier molecular flexibility index (Phi) is 8.20. The largest absolute Gasteiger partial charge is 0.488 e. The average Bonchev–Trinajstić information content (AvgIpc) is 3.65. The number of hydrogen-bond acceptors (Lipinski definition) is 8. The van der Waals surface area contributed by atoms with Gasteiger partial charge >= 0.3 is 0 Å². The number of primary amides is 1. The number of hydrogen-bond donors (Lipinski definition) is 1. The maximum absolute atomic E-state index is 12.0. The second-order valence-electron chi connectivity index (χ2n) is 9.65. The van der Waals surface area contributed by atoms with Gasteiger partial charge in [-0.05, 0) is 40.7 Å². The van der Waals surface area contributed by atoms with E-state index in [0.29, 0.717) is 43.1 Å². The highest BCUT2D eigenvalue weighted by atomic mass is 16.5. The molecule has 0 saturated carbocycles. The highest BCUT2D eigenvalue weighted by Gasteiger charge is 2.25. The highest BCUT2D eigenvalue weighted by Crippen LogP contribution is 2.36. The van der Waals surface area contributed by atoms with Crippen molar-refractivity contribution >= 4 is 5.91 Å². The second kappa shape index (κ2) is 12.3. The van der Waals surface area contributed by atoms with Crippen molar-refractivity contribution in [1.82, 2.24) is 15.3 Å². The lowest BCUT2D eigenvalue weighted by Gasteiger charge is -2.20. The summed E-state index contributed by atoms with van der Waals surface area (Å²) in [6.07, 6.45) is 2.10. The molecule has 0 aliphatic rings. The van der Waals surface area contributed by atoms with Crippen LogP contribution in [0.15, 0.2) is 88.2 Å². The van der Waals surface area contributed by atoms with Crippen LogP contribution < -0.4 is 15.2 Å². The quantitative estimate of drug-likeness (QED) is 0.208. The molecule has 2 heterocycles. The molecule has 0 aliphatic heterocycles. The van der Waals surface area contributed by atoms with E-state index in [2.05, 4.69) is 35.2 Å². The lowest BCUT2D eigenvalue weighted by molar-refractivity contribution is 0.0992. The summed E-state index contributed by atoms with van der Waals surface area (Å²) in [7, 11) is 0. The van der Waals surface area contributed by atoms with Crippen LogP contribution in [-0.4, -0.2) is 21.2 Å². The van der Waals surface area contributed by atoms with E-state index >= 15 is 0 Å². The zero-order chi connectivity index (χ0) is 27.9. The fourth-order valence-electron chi connectivity index (χ4n) is 4.42. The van der Waals surface area contributed by atoms with Crippen molar-refractivity contribution in [3.05, 3.63) is 113 Å². The Bertz CT molecular complexity index is 1550. The maximum atomic E-state index is 12.0. The van der Waals surface area contributed by atoms with Crippen LogP contribution in [0.4, 0.5) is 0 Å². The summed E-state index contributed by atoms with van der Waals surface area (Å²) in [6.45, 7) is 5.10. The lowest BCUT2D eigenvalue weighted by Crippen LogP contribution is -2.13. The van der Waals surface area contributed by atoms with Crippen molar-refractivity contribution < 1.29 is 23.3 Å². The first-order valence-corrected chi connectivity index (χ1v) is 13.0. The maximum Gasteiger partial charge on any atom is 0.271 e. The van der Waals surface area contributed by atoms with Gasteiger partial charge in [0.05, 0.1) is 5.56 Å². The van der Waals surface area contributed by atoms with Gasteiger partial charge in [0.1, 0.15) is 30.5 Å². The first kappa shape index (κ1) is 26.7. The number of ether oxygens (including phenoxy) is 2. The molecule has 9 heteroatoms. The summed E-state index contributed by atoms with van der Waals surface area (Å²) in [6, 6.07) is 24.1. The van der Waals surface area contributed by atoms with Gasteiger partial charge in [0.15, 0.2) is 5.69 Å². The molecule has 2 aromatic heterocycles. The standard InChI is InChI=1S/C31H30N4O5/c1-20(2)24-15-23(13-14-25-28(31-33-19-39-35-31)29(30(32)36)34-40-25)26(37-17-21-9-5-3-6-10-21)16-27(24)38-18-22-11-7-4-8-12-22/h3-12,15-16,19-20H,13-14,17-18H2,1-2H3,(H2,32,36). The summed E-state index contributed by atoms with van der Waals surface area (Å²) < 4.78 is 23.1. The van der Waals surface area contributed by atoms with Gasteiger partial charge in [-0.1, -0.05) is 84.8 Å². The predicted octanol–water partition coefficient (Wildman–Crippen LogP) is 5.89. The number of amides is 1. The van der Waals surface area contributed by atoms with E-state index in [1.54, 1.807) is 0 Å². The third kappa shape index (κ3) is 6.20. The van der Waals surface area contributed by atoms with Crippen LogP contribution in [0.1, 0.15) is 58.3 Å². The van der Waals surface area contributed by atoms with E-state index in [1.165, 1.54) is 6.39 Å². The van der Waals surface area contributed by atoms with Crippen molar-refractivity contribution in [2.75, 3.05) is 0 Å². The van der Waals surface area contributed by atoms with Crippen LogP contribution >= 0.6 is 0 Å². The Morgan fingerprint density at radius 3 is 2.10 bits per heavy atom. The summed E-state index contributed by atoms with van der Waals surface area (Å²) in [5, 5.41) is 7.73. The van der Waals surface area contributed by atoms with Gasteiger partial charge < -0.3 is 24.3 Å². The molecule has 0 saturated heterocycles. The molecule has 5 aromatic rings. The molecule has 0 spiro atoms. The molecule has 5 rings (SSSR count). The van der Waals surface area contributed by atoms with Crippen molar-refractivity contribution in [3.63, 3.8) is 0 Å². The van der Waals surface area contributed by atoms with Crippen LogP contribution in [-0.2, 0) is 26.1 Å². The van der Waals surface area contributed by atoms with Crippen LogP contribution in [0.25, 0.3) is 11.4 Å². The molecular formula is C31H30N4O5. The van der Waals surface area contributed by atoms with E-state index in [0.717, 1.165) is 28.0 Å². The van der Waals surface area contributed by atoms with E-state index in [4.69, 9.17) is 24.3 Å². The number of nitrogens with two attached hydrogens (primary N) is 1. The number of carbonyl (C=O) groups is 1. The summed E-state index contributed by atoms with van der Waals surface area (Å²) in [5.74, 6) is 1.57. The zero-order valence-electron chi connectivity index (χ0n) is 22.4. The number of aryl methyl sites for hydroxylation is 2. The Hall–Kier alpha value is -4.92. The minimum absolute atomic E-state index is 0.0375. The highest BCUT2D eigenvalue weighted by molar-refractivity contribution is 5.97. The Balaban J connectivity index is 1.46. The molecule has 0 atom stereocenters. The molecule has 0 aliphatic carbocycles. The molecule has 3 aromatic carbocycles. The van der Waals surface area contributed by atoms with Crippen molar-refractivity contribution in [3.8, 4) is 22.9 Å². The topological polar surface area (TPSA) is 127 Å². The van der Waals surface area contributed by atoms with Gasteiger partial charge in [0.25, 0.3) is 5.91 Å². The van der Waals surface area contributed by atoms with Crippen LogP contribution in [0.2, 0.25) is 0 Å². The second-order valence-corrected chi connectivity index (χ2v) is 9.65. The normalized spacial score (nSPS) is 11.1. The first-order chi connectivity index (χ1) is 19.5. The van der Waals surface area contributed by atoms with E-state index < -0.39 is 5.91 Å². The molecule has 2 N–H and O–H groups in total. The number of rotatable bonds is 12. The zero-order valence-corrected chi connectivity index (χ0v) is 22.4. The van der Waals surface area contributed by atoms with E-state index in [1.807, 2.05) is 66.7 Å². The van der Waals surface area contributed by atoms with Crippen molar-refractivity contribution in [1.29, 1.82) is 0 Å². The summed E-state index contributed by atoms with van der Waals surface area (Å²) in [5.41, 5.74) is 9.97. The molecule has 0 radical (unpaired) electrons. The molecule has 1 amide bonds. The van der Waals surface area contributed by atoms with Crippen molar-refractivity contribution in [2.24, 2.45) is 5.73 Å². The average molecular weight is 539 g/mol. The predicted molar refractivity (Wildman–Crippen MR) is 148 cm³/mol. The van der Waals surface area contributed by atoms with E-state index in [-0.39, 0.29) is 17.4 Å². The molecule has 0 bridgehead atoms. The number of benzene rings is 3. The van der Waals surface area contributed by atoms with Gasteiger partial charge in [0, 0.05) is 12.5 Å². The third-order valence-electron chi connectivity index (χ3n) is 6.49. The van der Waals surface area contributed by atoms with Gasteiger partial charge in [-0.2, -0.15) is 4.98 Å². The summed E-state index contributed by atoms with van der Waals surface area (Å²) >= 11 is 0. The Morgan fingerprint density at radius 2 is 1.52 bits per heavy atom. The number of nitrogens with zero attached hydrogens (tertiary/aromatic N) is 3. The molecule has 40 heavy (non-hydrogen) atoms. The SMILES string of the molecule is CC(C)c1cc(CCc2onc(C(N)=O)c2-c2ncon2)c(OCc2ccccc2)cc1OCc1ccccc1. The van der Waals surface area contributed by atoms with Gasteiger partial charge in [-0.25, -0.2) is 0 Å². The monoisotopic (exact) mass is 538 g/mol. The molecule has 204 valence electrons. The van der Waals surface area contributed by atoms with Gasteiger partial charge in [0.2, 0.25) is 12.2 Å². The number of carbonyl (C=O) groups excluding carboxylic acids is 1. The smallest absolute Gasteiger partial charge is 0.271 e. The van der Waals surface area contributed by atoms with Crippen molar-refractivity contribution in [2.45, 2.75) is 45.8 Å². The Labute approximate surface area is 231 Å². The van der Waals surface area contributed by atoms with Crippen LogP contribution in [0, 0.1) is 0 Å². The third-order valence-corrected chi connectivity index (χ3v) is 6.49. The molecule has 9 nitrogen and oxygen atoms in total. The van der Waals surface area contributed by atoms with Gasteiger partial charge in [-0.15, -0.1) is 0 Å². The van der Waals surface area contributed by atoms with Crippen LogP contribution in [0.5, 0.6) is 11.5 Å². The fourth-order valence-corrected chi connectivity index (χ4v) is 4.42. The molecule has 0 unspecified atom stereocenters. The molecular weight excluding hydrogens is 508 g/mol. The fraction of sp³-hybridized carbons (Fsp3) is 0.226. The number of aromatic nitrogens is 3. The Morgan fingerprint density at radius 1 is 0.875 bits per heavy atom. The van der Waals surface area contributed by atoms with E-state index in [9.17, 15) is 4.79 Å². The van der Waals surface area contributed by atoms with Crippen LogP contribution in [0.3, 0.4) is 0 Å². The minimum Gasteiger partial charge on any atom is -0.488 e. The van der Waals surface area contributed by atoms with Gasteiger partial charge in [-0.3, -0.25) is 4.79 Å². The summed E-state index contributed by atoms with van der Waals surface area (Å²) in [4.78, 5) is 16.0. The minimum atomic E-state index is -0.733. The lowest BCUT2D eigenvalue weighted by atomic mass is 9.96.